The number of benzene rings is 1. The number of halogens is 3. The minimum Gasteiger partial charge on any atom is -0.366 e. The van der Waals surface area contributed by atoms with Gasteiger partial charge < -0.3 is 5.73 Å². The topological polar surface area (TPSA) is 43.1 Å². The summed E-state index contributed by atoms with van der Waals surface area (Å²) in [5, 5.41) is 0. The molecule has 0 fully saturated rings. The molecule has 2 N–H and O–H groups in total. The first kappa shape index (κ1) is 10.3. The number of rotatable bonds is 2. The van der Waals surface area contributed by atoms with E-state index in [2.05, 4.69) is 0 Å². The van der Waals surface area contributed by atoms with E-state index in [1.807, 2.05) is 0 Å². The lowest BCUT2D eigenvalue weighted by atomic mass is 10.1. The second-order valence-corrected chi connectivity index (χ2v) is 2.49. The fourth-order valence-electron chi connectivity index (χ4n) is 0.861. The largest absolute Gasteiger partial charge is 0.366 e. The normalized spacial score (nSPS) is 10.8. The predicted molar refractivity (Wildman–Crippen MR) is 44.5 cm³/mol. The minimum absolute atomic E-state index is 0.621. The van der Waals surface area contributed by atoms with Crippen LogP contribution in [0.5, 0.6) is 0 Å². The van der Waals surface area contributed by atoms with Gasteiger partial charge in [-0.05, 0) is 18.2 Å². The van der Waals surface area contributed by atoms with Gasteiger partial charge in [0.15, 0.2) is 11.6 Å². The Bertz CT molecular complexity index is 401. The van der Waals surface area contributed by atoms with Crippen LogP contribution in [0.3, 0.4) is 0 Å². The minimum atomic E-state index is -1.34. The first-order chi connectivity index (χ1) is 6.52. The molecule has 1 aromatic carbocycles. The number of hydrogen-bond donors (Lipinski definition) is 1. The van der Waals surface area contributed by atoms with Crippen LogP contribution in [0.25, 0.3) is 6.08 Å². The van der Waals surface area contributed by atoms with Crippen molar-refractivity contribution in [1.82, 2.24) is 0 Å². The number of amides is 1. The molecule has 74 valence electrons. The van der Waals surface area contributed by atoms with E-state index >= 15 is 0 Å². The van der Waals surface area contributed by atoms with Gasteiger partial charge in [0.25, 0.3) is 0 Å². The van der Waals surface area contributed by atoms with E-state index in [4.69, 9.17) is 5.73 Å². The maximum Gasteiger partial charge on any atom is 0.241 e. The first-order valence-corrected chi connectivity index (χ1v) is 3.63. The van der Waals surface area contributed by atoms with Crippen molar-refractivity contribution < 1.29 is 18.0 Å². The molecule has 0 aliphatic carbocycles. The average Bonchev–Trinajstić information content (AvgIpc) is 2.11. The van der Waals surface area contributed by atoms with Gasteiger partial charge in [-0.1, -0.05) is 0 Å². The van der Waals surface area contributed by atoms with Gasteiger partial charge in [-0.2, -0.15) is 0 Å². The van der Waals surface area contributed by atoms with Gasteiger partial charge in [-0.3, -0.25) is 4.79 Å². The van der Waals surface area contributed by atoms with Crippen LogP contribution in [0.2, 0.25) is 0 Å². The fraction of sp³-hybridized carbons (Fsp3) is 0. The third-order valence-corrected chi connectivity index (χ3v) is 1.49. The molecule has 1 aromatic rings. The lowest BCUT2D eigenvalue weighted by Crippen LogP contribution is -2.05. The Labute approximate surface area is 77.8 Å². The summed E-state index contributed by atoms with van der Waals surface area (Å²) in [5.74, 6) is -4.35. The standard InChI is InChI=1S/C9H6F3NO/c10-6-2-3-7(11)9(12)5(6)1-4-8(13)14/h1-4H,(H2,13,14). The van der Waals surface area contributed by atoms with E-state index in [1.54, 1.807) is 0 Å². The summed E-state index contributed by atoms with van der Waals surface area (Å²) in [4.78, 5) is 10.3. The lowest BCUT2D eigenvalue weighted by molar-refractivity contribution is -0.113. The Morgan fingerprint density at radius 2 is 1.79 bits per heavy atom. The maximum atomic E-state index is 12.9. The Morgan fingerprint density at radius 1 is 1.21 bits per heavy atom. The first-order valence-electron chi connectivity index (χ1n) is 3.63. The second kappa shape index (κ2) is 3.95. The van der Waals surface area contributed by atoms with E-state index in [0.717, 1.165) is 18.2 Å². The monoisotopic (exact) mass is 201 g/mol. The van der Waals surface area contributed by atoms with Gasteiger partial charge in [0, 0.05) is 11.6 Å². The molecule has 14 heavy (non-hydrogen) atoms. The highest BCUT2D eigenvalue weighted by Crippen LogP contribution is 2.16. The average molecular weight is 201 g/mol. The highest BCUT2D eigenvalue weighted by molar-refractivity contribution is 5.90. The van der Waals surface area contributed by atoms with Gasteiger partial charge in [0.05, 0.1) is 0 Å². The van der Waals surface area contributed by atoms with E-state index < -0.39 is 28.9 Å². The van der Waals surface area contributed by atoms with E-state index in [-0.39, 0.29) is 0 Å². The fourth-order valence-corrected chi connectivity index (χ4v) is 0.861. The summed E-state index contributed by atoms with van der Waals surface area (Å²) in [6.45, 7) is 0. The highest BCUT2D eigenvalue weighted by atomic mass is 19.2. The van der Waals surface area contributed by atoms with Crippen molar-refractivity contribution >= 4 is 12.0 Å². The number of nitrogens with two attached hydrogens (primary N) is 1. The SMILES string of the molecule is NC(=O)C=Cc1c(F)ccc(F)c1F. The Hall–Kier alpha value is -1.78. The van der Waals surface area contributed by atoms with Gasteiger partial charge in [-0.15, -0.1) is 0 Å². The highest BCUT2D eigenvalue weighted by Gasteiger charge is 2.10. The van der Waals surface area contributed by atoms with Crippen molar-refractivity contribution in [3.8, 4) is 0 Å². The molecule has 1 amide bonds. The van der Waals surface area contributed by atoms with Crippen molar-refractivity contribution in [1.29, 1.82) is 0 Å². The smallest absolute Gasteiger partial charge is 0.241 e. The molecule has 5 heteroatoms. The molecular formula is C9H6F3NO. The van der Waals surface area contributed by atoms with Crippen molar-refractivity contribution in [2.75, 3.05) is 0 Å². The summed E-state index contributed by atoms with van der Waals surface area (Å²) >= 11 is 0. The molecule has 2 nitrogen and oxygen atoms in total. The Morgan fingerprint density at radius 3 is 2.36 bits per heavy atom. The van der Waals surface area contributed by atoms with E-state index in [9.17, 15) is 18.0 Å². The molecule has 0 radical (unpaired) electrons. The Balaban J connectivity index is 3.19. The molecule has 0 aliphatic rings. The predicted octanol–water partition coefficient (Wildman–Crippen LogP) is 1.60. The molecule has 1 rings (SSSR count). The van der Waals surface area contributed by atoms with Crippen LogP contribution in [-0.2, 0) is 4.79 Å². The van der Waals surface area contributed by atoms with Crippen molar-refractivity contribution in [2.24, 2.45) is 5.73 Å². The molecule has 0 bridgehead atoms. The van der Waals surface area contributed by atoms with Crippen molar-refractivity contribution in [3.05, 3.63) is 41.2 Å². The molecule has 0 aromatic heterocycles. The second-order valence-electron chi connectivity index (χ2n) is 2.49. The summed E-state index contributed by atoms with van der Waals surface area (Å²) in [6.07, 6.45) is 1.54. The number of carbonyl (C=O) groups excluding carboxylic acids is 1. The molecule has 0 saturated carbocycles. The summed E-state index contributed by atoms with van der Waals surface area (Å²) in [7, 11) is 0. The molecule has 0 heterocycles. The van der Waals surface area contributed by atoms with Crippen LogP contribution in [0, 0.1) is 17.5 Å². The third kappa shape index (κ3) is 2.12. The van der Waals surface area contributed by atoms with Crippen LogP contribution in [0.1, 0.15) is 5.56 Å². The van der Waals surface area contributed by atoms with Gasteiger partial charge in [-0.25, -0.2) is 13.2 Å². The molecule has 0 atom stereocenters. The van der Waals surface area contributed by atoms with Crippen molar-refractivity contribution in [2.45, 2.75) is 0 Å². The maximum absolute atomic E-state index is 12.9. The zero-order valence-electron chi connectivity index (χ0n) is 6.93. The van der Waals surface area contributed by atoms with Crippen LogP contribution in [-0.4, -0.2) is 5.91 Å². The van der Waals surface area contributed by atoms with E-state index in [1.165, 1.54) is 0 Å². The number of hydrogen-bond acceptors (Lipinski definition) is 1. The van der Waals surface area contributed by atoms with Crippen LogP contribution in [0.15, 0.2) is 18.2 Å². The zero-order chi connectivity index (χ0) is 10.7. The quantitative estimate of drug-likeness (QED) is 0.573. The molecule has 0 spiro atoms. The summed E-state index contributed by atoms with van der Waals surface area (Å²) in [6, 6.07) is 1.42. The van der Waals surface area contributed by atoms with Gasteiger partial charge >= 0.3 is 0 Å². The zero-order valence-corrected chi connectivity index (χ0v) is 6.93. The number of carbonyl (C=O) groups is 1. The van der Waals surface area contributed by atoms with E-state index in [0.29, 0.717) is 6.07 Å². The third-order valence-electron chi connectivity index (χ3n) is 1.49. The van der Waals surface area contributed by atoms with Crippen LogP contribution < -0.4 is 5.73 Å². The van der Waals surface area contributed by atoms with Gasteiger partial charge in [0.2, 0.25) is 5.91 Å². The molecular weight excluding hydrogens is 195 g/mol. The summed E-state index contributed by atoms with van der Waals surface area (Å²) < 4.78 is 38.4. The lowest BCUT2D eigenvalue weighted by Gasteiger charge is -1.99. The van der Waals surface area contributed by atoms with Crippen LogP contribution in [0.4, 0.5) is 13.2 Å². The molecule has 0 saturated heterocycles. The molecule has 0 unspecified atom stereocenters. The van der Waals surface area contributed by atoms with Crippen LogP contribution >= 0.6 is 0 Å². The van der Waals surface area contributed by atoms with Gasteiger partial charge in [0.1, 0.15) is 5.82 Å². The number of primary amides is 1. The Kier molecular flexibility index (Phi) is 2.91. The van der Waals surface area contributed by atoms with Crippen molar-refractivity contribution in [3.63, 3.8) is 0 Å². The molecule has 0 aliphatic heterocycles. The summed E-state index contributed by atoms with van der Waals surface area (Å²) in [5.41, 5.74) is 4.09.